The van der Waals surface area contributed by atoms with Gasteiger partial charge in [-0.1, -0.05) is 18.2 Å². The van der Waals surface area contributed by atoms with Crippen molar-refractivity contribution < 1.29 is 4.39 Å². The third-order valence-corrected chi connectivity index (χ3v) is 4.18. The summed E-state index contributed by atoms with van der Waals surface area (Å²) in [5.74, 6) is 0.412. The highest BCUT2D eigenvalue weighted by atomic mass is 127. The highest BCUT2D eigenvalue weighted by Crippen LogP contribution is 2.15. The SMILES string of the molecule is CN=C(NCc1nc(C)c(C)s1)NCc1ccccc1F.I. The maximum absolute atomic E-state index is 13.5. The first-order valence-corrected chi connectivity index (χ1v) is 7.52. The number of hydrogen-bond acceptors (Lipinski definition) is 3. The lowest BCUT2D eigenvalue weighted by Gasteiger charge is -2.11. The van der Waals surface area contributed by atoms with Gasteiger partial charge in [0.25, 0.3) is 0 Å². The van der Waals surface area contributed by atoms with Crippen LogP contribution in [0.15, 0.2) is 29.3 Å². The van der Waals surface area contributed by atoms with Crippen LogP contribution < -0.4 is 10.6 Å². The van der Waals surface area contributed by atoms with Crippen molar-refractivity contribution in [3.63, 3.8) is 0 Å². The number of thiazole rings is 1. The van der Waals surface area contributed by atoms with E-state index in [0.717, 1.165) is 10.7 Å². The van der Waals surface area contributed by atoms with Gasteiger partial charge in [-0.3, -0.25) is 4.99 Å². The summed E-state index contributed by atoms with van der Waals surface area (Å²) in [4.78, 5) is 9.81. The first kappa shape index (κ1) is 18.8. The number of nitrogens with one attached hydrogen (secondary N) is 2. The fraction of sp³-hybridized carbons (Fsp3) is 0.333. The van der Waals surface area contributed by atoms with Crippen molar-refractivity contribution in [2.45, 2.75) is 26.9 Å². The minimum atomic E-state index is -0.216. The molecule has 1 aromatic heterocycles. The zero-order chi connectivity index (χ0) is 15.2. The number of aliphatic imine (C=N–C) groups is 1. The second-order valence-electron chi connectivity index (χ2n) is 4.62. The maximum atomic E-state index is 13.5. The molecule has 2 N–H and O–H groups in total. The summed E-state index contributed by atoms with van der Waals surface area (Å²) in [5, 5.41) is 7.29. The Morgan fingerprint density at radius 1 is 1.23 bits per heavy atom. The van der Waals surface area contributed by atoms with Crippen LogP contribution in [-0.2, 0) is 13.1 Å². The molecule has 1 heterocycles. The standard InChI is InChI=1S/C15H19FN4S.HI/c1-10-11(2)21-14(20-10)9-19-15(17-3)18-8-12-6-4-5-7-13(12)16;/h4-7H,8-9H2,1-3H3,(H2,17,18,19);1H. The van der Waals surface area contributed by atoms with Gasteiger partial charge in [-0.25, -0.2) is 9.37 Å². The van der Waals surface area contributed by atoms with Crippen LogP contribution in [0.1, 0.15) is 21.1 Å². The molecule has 120 valence electrons. The lowest BCUT2D eigenvalue weighted by atomic mass is 10.2. The summed E-state index contributed by atoms with van der Waals surface area (Å²) < 4.78 is 13.5. The van der Waals surface area contributed by atoms with Gasteiger partial charge in [0.05, 0.1) is 12.2 Å². The van der Waals surface area contributed by atoms with Crippen LogP contribution in [0.3, 0.4) is 0 Å². The Bertz CT molecular complexity index is 623. The van der Waals surface area contributed by atoms with Gasteiger partial charge in [0.1, 0.15) is 10.8 Å². The highest BCUT2D eigenvalue weighted by Gasteiger charge is 2.06. The maximum Gasteiger partial charge on any atom is 0.191 e. The van der Waals surface area contributed by atoms with Crippen LogP contribution in [0.2, 0.25) is 0 Å². The third kappa shape index (κ3) is 5.20. The first-order valence-electron chi connectivity index (χ1n) is 6.71. The lowest BCUT2D eigenvalue weighted by Crippen LogP contribution is -2.36. The van der Waals surface area contributed by atoms with Gasteiger partial charge in [-0.2, -0.15) is 0 Å². The molecule has 0 saturated heterocycles. The molecule has 4 nitrogen and oxygen atoms in total. The summed E-state index contributed by atoms with van der Waals surface area (Å²) in [6.45, 7) is 5.06. The van der Waals surface area contributed by atoms with E-state index in [9.17, 15) is 4.39 Å². The van der Waals surface area contributed by atoms with Gasteiger partial charge in [0.2, 0.25) is 0 Å². The molecular formula is C15H20FIN4S. The fourth-order valence-corrected chi connectivity index (χ4v) is 2.69. The predicted molar refractivity (Wildman–Crippen MR) is 100 cm³/mol. The molecular weight excluding hydrogens is 414 g/mol. The number of rotatable bonds is 4. The van der Waals surface area contributed by atoms with Crippen molar-refractivity contribution in [3.05, 3.63) is 51.2 Å². The van der Waals surface area contributed by atoms with Crippen LogP contribution in [0.4, 0.5) is 4.39 Å². The van der Waals surface area contributed by atoms with Gasteiger partial charge in [0.15, 0.2) is 5.96 Å². The first-order chi connectivity index (χ1) is 10.1. The third-order valence-electron chi connectivity index (χ3n) is 3.11. The number of guanidine groups is 1. The van der Waals surface area contributed by atoms with E-state index in [0.29, 0.717) is 24.6 Å². The summed E-state index contributed by atoms with van der Waals surface area (Å²) in [6.07, 6.45) is 0. The molecule has 0 unspecified atom stereocenters. The monoisotopic (exact) mass is 434 g/mol. The van der Waals surface area contributed by atoms with Crippen LogP contribution in [0.25, 0.3) is 0 Å². The Morgan fingerprint density at radius 3 is 2.50 bits per heavy atom. The van der Waals surface area contributed by atoms with Gasteiger partial charge in [-0.15, -0.1) is 35.3 Å². The van der Waals surface area contributed by atoms with Crippen molar-refractivity contribution in [2.24, 2.45) is 4.99 Å². The van der Waals surface area contributed by atoms with E-state index < -0.39 is 0 Å². The van der Waals surface area contributed by atoms with E-state index in [1.54, 1.807) is 30.5 Å². The lowest BCUT2D eigenvalue weighted by molar-refractivity contribution is 0.604. The van der Waals surface area contributed by atoms with E-state index >= 15 is 0 Å². The molecule has 0 bridgehead atoms. The average Bonchev–Trinajstić information content (AvgIpc) is 2.79. The van der Waals surface area contributed by atoms with Crippen molar-refractivity contribution in [3.8, 4) is 0 Å². The molecule has 1 aromatic carbocycles. The van der Waals surface area contributed by atoms with Crippen LogP contribution >= 0.6 is 35.3 Å². The molecule has 0 saturated carbocycles. The fourth-order valence-electron chi connectivity index (χ4n) is 1.82. The highest BCUT2D eigenvalue weighted by molar-refractivity contribution is 14.0. The predicted octanol–water partition coefficient (Wildman–Crippen LogP) is 3.38. The van der Waals surface area contributed by atoms with Gasteiger partial charge >= 0.3 is 0 Å². The zero-order valence-electron chi connectivity index (χ0n) is 12.8. The molecule has 2 aromatic rings. The van der Waals surface area contributed by atoms with E-state index in [1.165, 1.54) is 10.9 Å². The molecule has 0 aliphatic heterocycles. The topological polar surface area (TPSA) is 49.3 Å². The number of nitrogens with zero attached hydrogens (tertiary/aromatic N) is 2. The van der Waals surface area contributed by atoms with Gasteiger partial charge in [0, 0.05) is 24.0 Å². The smallest absolute Gasteiger partial charge is 0.191 e. The summed E-state index contributed by atoms with van der Waals surface area (Å²) in [6, 6.07) is 6.70. The minimum absolute atomic E-state index is 0. The number of halogens is 2. The number of hydrogen-bond donors (Lipinski definition) is 2. The second kappa shape index (κ2) is 9.04. The molecule has 0 atom stereocenters. The number of aryl methyl sites for hydroxylation is 2. The van der Waals surface area contributed by atoms with Gasteiger partial charge in [-0.05, 0) is 19.9 Å². The molecule has 0 fully saturated rings. The van der Waals surface area contributed by atoms with E-state index in [-0.39, 0.29) is 29.8 Å². The Labute approximate surface area is 151 Å². The summed E-state index contributed by atoms with van der Waals surface area (Å²) >= 11 is 1.67. The largest absolute Gasteiger partial charge is 0.352 e. The Balaban J connectivity index is 0.00000242. The quantitative estimate of drug-likeness (QED) is 0.441. The van der Waals surface area contributed by atoms with Crippen molar-refractivity contribution >= 4 is 41.3 Å². The van der Waals surface area contributed by atoms with Crippen molar-refractivity contribution in [2.75, 3.05) is 7.05 Å². The van der Waals surface area contributed by atoms with Crippen LogP contribution in [-0.4, -0.2) is 18.0 Å². The van der Waals surface area contributed by atoms with Gasteiger partial charge < -0.3 is 10.6 Å². The van der Waals surface area contributed by atoms with Crippen LogP contribution in [0.5, 0.6) is 0 Å². The molecule has 0 radical (unpaired) electrons. The average molecular weight is 434 g/mol. The zero-order valence-corrected chi connectivity index (χ0v) is 16.0. The Morgan fingerprint density at radius 2 is 1.91 bits per heavy atom. The van der Waals surface area contributed by atoms with E-state index in [2.05, 4.69) is 27.5 Å². The number of aromatic nitrogens is 1. The van der Waals surface area contributed by atoms with E-state index in [4.69, 9.17) is 0 Å². The second-order valence-corrected chi connectivity index (χ2v) is 5.91. The molecule has 0 aliphatic carbocycles. The number of benzene rings is 1. The van der Waals surface area contributed by atoms with Crippen molar-refractivity contribution in [1.82, 2.24) is 15.6 Å². The minimum Gasteiger partial charge on any atom is -0.352 e. The summed E-state index contributed by atoms with van der Waals surface area (Å²) in [7, 11) is 1.69. The summed E-state index contributed by atoms with van der Waals surface area (Å²) in [5.41, 5.74) is 1.67. The molecule has 0 aliphatic rings. The normalized spacial score (nSPS) is 11.0. The molecule has 7 heteroatoms. The van der Waals surface area contributed by atoms with Crippen molar-refractivity contribution in [1.29, 1.82) is 0 Å². The Hall–Kier alpha value is -1.22. The van der Waals surface area contributed by atoms with E-state index in [1.807, 2.05) is 13.0 Å². The molecule has 22 heavy (non-hydrogen) atoms. The Kier molecular flexibility index (Phi) is 7.74. The molecule has 2 rings (SSSR count). The molecule has 0 spiro atoms. The molecule has 0 amide bonds. The van der Waals surface area contributed by atoms with Crippen LogP contribution in [0, 0.1) is 19.7 Å².